The summed E-state index contributed by atoms with van der Waals surface area (Å²) in [5.74, 6) is 0. The van der Waals surface area contributed by atoms with Gasteiger partial charge in [0.25, 0.3) is 0 Å². The van der Waals surface area contributed by atoms with Gasteiger partial charge >= 0.3 is 0 Å². The van der Waals surface area contributed by atoms with Crippen molar-refractivity contribution < 1.29 is 4.84 Å². The van der Waals surface area contributed by atoms with Gasteiger partial charge in [-0.25, -0.2) is 0 Å². The average Bonchev–Trinajstić information content (AvgIpc) is 3.05. The smallest absolute Gasteiger partial charge is 0.127 e. The molecule has 0 N–H and O–H groups in total. The summed E-state index contributed by atoms with van der Waals surface area (Å²) in [5, 5.41) is 4.55. The van der Waals surface area contributed by atoms with Crippen LogP contribution in [0.5, 0.6) is 0 Å². The first kappa shape index (κ1) is 44.4. The molecule has 0 aromatic carbocycles. The van der Waals surface area contributed by atoms with Gasteiger partial charge in [0.1, 0.15) is 6.10 Å². The third-order valence-electron chi connectivity index (χ3n) is 8.73. The zero-order valence-electron chi connectivity index (χ0n) is 31.8. The maximum absolute atomic E-state index is 6.13. The summed E-state index contributed by atoms with van der Waals surface area (Å²) >= 11 is 0. The van der Waals surface area contributed by atoms with Crippen LogP contribution in [0.2, 0.25) is 0 Å². The number of rotatable bonds is 35. The largest absolute Gasteiger partial charge is 0.393 e. The molecule has 0 spiro atoms. The van der Waals surface area contributed by atoms with E-state index in [1.54, 1.807) is 0 Å². The van der Waals surface area contributed by atoms with E-state index in [1.807, 2.05) is 0 Å². The van der Waals surface area contributed by atoms with Gasteiger partial charge in [-0.05, 0) is 111 Å². The molecule has 3 nitrogen and oxygen atoms in total. The zero-order chi connectivity index (χ0) is 33.6. The summed E-state index contributed by atoms with van der Waals surface area (Å²) in [6, 6.07) is 0. The van der Waals surface area contributed by atoms with Gasteiger partial charge < -0.3 is 9.74 Å². The highest BCUT2D eigenvalue weighted by atomic mass is 16.6. The molecule has 0 aliphatic carbocycles. The van der Waals surface area contributed by atoms with Crippen molar-refractivity contribution in [3.8, 4) is 0 Å². The van der Waals surface area contributed by atoms with Gasteiger partial charge in [0, 0.05) is 13.0 Å². The highest BCUT2D eigenvalue weighted by Crippen LogP contribution is 2.18. The Morgan fingerprint density at radius 1 is 0.522 bits per heavy atom. The van der Waals surface area contributed by atoms with E-state index < -0.39 is 0 Å². The Morgan fingerprint density at radius 2 is 0.891 bits per heavy atom. The van der Waals surface area contributed by atoms with Crippen LogP contribution in [-0.2, 0) is 4.84 Å². The Labute approximate surface area is 289 Å². The SMILES string of the molecule is CCCCC/C=C\C/C=C\CCCCCCCCC(CCCCCCCC/C=C\C/C=C\CCCCC)ON=C(C)CCN(C)C. The minimum atomic E-state index is 0.283. The number of oxime groups is 1. The summed E-state index contributed by atoms with van der Waals surface area (Å²) in [6.07, 6.45) is 53.6. The van der Waals surface area contributed by atoms with Crippen molar-refractivity contribution in [2.75, 3.05) is 20.6 Å². The highest BCUT2D eigenvalue weighted by Gasteiger charge is 2.10. The number of hydrogen-bond acceptors (Lipinski definition) is 3. The summed E-state index contributed by atoms with van der Waals surface area (Å²) in [4.78, 5) is 8.34. The van der Waals surface area contributed by atoms with E-state index in [-0.39, 0.29) is 6.10 Å². The van der Waals surface area contributed by atoms with E-state index in [2.05, 4.69) is 93.5 Å². The van der Waals surface area contributed by atoms with Gasteiger partial charge in [0.15, 0.2) is 0 Å². The van der Waals surface area contributed by atoms with Crippen molar-refractivity contribution in [2.24, 2.45) is 5.16 Å². The molecular formula is C43H80N2O. The fourth-order valence-electron chi connectivity index (χ4n) is 5.57. The number of unbranched alkanes of at least 4 members (excludes halogenated alkanes) is 18. The lowest BCUT2D eigenvalue weighted by atomic mass is 10.0. The number of hydrogen-bond donors (Lipinski definition) is 0. The van der Waals surface area contributed by atoms with Crippen LogP contribution in [0, 0.1) is 0 Å². The Balaban J connectivity index is 4.04. The van der Waals surface area contributed by atoms with Crippen molar-refractivity contribution in [2.45, 2.75) is 200 Å². The molecular weight excluding hydrogens is 560 g/mol. The van der Waals surface area contributed by atoms with E-state index in [0.717, 1.165) is 44.4 Å². The topological polar surface area (TPSA) is 24.8 Å². The molecule has 0 radical (unpaired) electrons. The van der Waals surface area contributed by atoms with Crippen LogP contribution >= 0.6 is 0 Å². The minimum absolute atomic E-state index is 0.283. The normalized spacial score (nSPS) is 12.9. The maximum Gasteiger partial charge on any atom is 0.127 e. The lowest BCUT2D eigenvalue weighted by Gasteiger charge is -2.16. The monoisotopic (exact) mass is 641 g/mol. The standard InChI is InChI=1S/C43H80N2O/c1-6-8-10-12-14-16-18-20-22-24-26-28-30-32-34-36-38-43(46-44-42(3)40-41-45(4)5)39-37-35-33-31-29-27-25-23-21-19-17-15-13-11-9-7-2/h14-17,20-23,43H,6-13,18-19,24-41H2,1-5H3/b16-14-,17-15-,22-20-,23-21-,44-42?. The van der Waals surface area contributed by atoms with E-state index >= 15 is 0 Å². The van der Waals surface area contributed by atoms with Crippen LogP contribution in [-0.4, -0.2) is 37.4 Å². The summed E-state index contributed by atoms with van der Waals surface area (Å²) in [5.41, 5.74) is 1.12. The second-order valence-electron chi connectivity index (χ2n) is 13.9. The van der Waals surface area contributed by atoms with Gasteiger partial charge in [-0.3, -0.25) is 0 Å². The van der Waals surface area contributed by atoms with Crippen LogP contribution in [0.25, 0.3) is 0 Å². The van der Waals surface area contributed by atoms with Crippen molar-refractivity contribution in [3.05, 3.63) is 48.6 Å². The number of nitrogens with zero attached hydrogens (tertiary/aromatic N) is 2. The van der Waals surface area contributed by atoms with Gasteiger partial charge in [-0.15, -0.1) is 0 Å². The first-order valence-corrected chi connectivity index (χ1v) is 20.0. The molecule has 0 aliphatic rings. The van der Waals surface area contributed by atoms with Crippen LogP contribution < -0.4 is 0 Å². The summed E-state index contributed by atoms with van der Waals surface area (Å²) in [7, 11) is 4.24. The molecule has 0 aromatic rings. The van der Waals surface area contributed by atoms with Gasteiger partial charge in [0.2, 0.25) is 0 Å². The van der Waals surface area contributed by atoms with Crippen LogP contribution in [0.15, 0.2) is 53.8 Å². The van der Waals surface area contributed by atoms with Crippen molar-refractivity contribution in [3.63, 3.8) is 0 Å². The van der Waals surface area contributed by atoms with Gasteiger partial charge in [-0.1, -0.05) is 145 Å². The molecule has 0 saturated carbocycles. The minimum Gasteiger partial charge on any atom is -0.393 e. The van der Waals surface area contributed by atoms with Crippen LogP contribution in [0.3, 0.4) is 0 Å². The Morgan fingerprint density at radius 3 is 1.28 bits per heavy atom. The molecule has 0 bridgehead atoms. The second-order valence-corrected chi connectivity index (χ2v) is 13.9. The fraction of sp³-hybridized carbons (Fsp3) is 0.791. The van der Waals surface area contributed by atoms with Crippen molar-refractivity contribution in [1.82, 2.24) is 4.90 Å². The third kappa shape index (κ3) is 36.9. The molecule has 0 unspecified atom stereocenters. The average molecular weight is 641 g/mol. The van der Waals surface area contributed by atoms with Crippen LogP contribution in [0.1, 0.15) is 194 Å². The number of allylic oxidation sites excluding steroid dienone is 8. The Hall–Kier alpha value is -1.61. The lowest BCUT2D eigenvalue weighted by molar-refractivity contribution is 0.0424. The van der Waals surface area contributed by atoms with E-state index in [0.29, 0.717) is 0 Å². The molecule has 0 rings (SSSR count). The van der Waals surface area contributed by atoms with E-state index in [9.17, 15) is 0 Å². The fourth-order valence-corrected chi connectivity index (χ4v) is 5.57. The molecule has 0 amide bonds. The highest BCUT2D eigenvalue weighted by molar-refractivity contribution is 5.81. The molecule has 3 heteroatoms. The van der Waals surface area contributed by atoms with Gasteiger partial charge in [-0.2, -0.15) is 0 Å². The van der Waals surface area contributed by atoms with Gasteiger partial charge in [0.05, 0.1) is 5.71 Å². The predicted octanol–water partition coefficient (Wildman–Crippen LogP) is 14.1. The molecule has 0 aromatic heterocycles. The first-order chi connectivity index (χ1) is 22.6. The van der Waals surface area contributed by atoms with Crippen LogP contribution in [0.4, 0.5) is 0 Å². The first-order valence-electron chi connectivity index (χ1n) is 20.0. The molecule has 0 heterocycles. The zero-order valence-corrected chi connectivity index (χ0v) is 31.8. The maximum atomic E-state index is 6.13. The quantitative estimate of drug-likeness (QED) is 0.0298. The molecule has 0 fully saturated rings. The third-order valence-corrected chi connectivity index (χ3v) is 8.73. The lowest BCUT2D eigenvalue weighted by Crippen LogP contribution is -2.16. The van der Waals surface area contributed by atoms with Crippen molar-refractivity contribution >= 4 is 5.71 Å². The van der Waals surface area contributed by atoms with E-state index in [4.69, 9.17) is 4.84 Å². The summed E-state index contributed by atoms with van der Waals surface area (Å²) in [6.45, 7) is 7.68. The Kier molecular flexibility index (Phi) is 36.5. The molecule has 268 valence electrons. The Bertz CT molecular complexity index is 700. The molecule has 0 atom stereocenters. The molecule has 0 aliphatic heterocycles. The second kappa shape index (κ2) is 37.8. The van der Waals surface area contributed by atoms with Crippen molar-refractivity contribution in [1.29, 1.82) is 0 Å². The van der Waals surface area contributed by atoms with E-state index in [1.165, 1.54) is 141 Å². The molecule has 46 heavy (non-hydrogen) atoms. The predicted molar refractivity (Wildman–Crippen MR) is 209 cm³/mol. The summed E-state index contributed by atoms with van der Waals surface area (Å²) < 4.78 is 0. The molecule has 0 saturated heterocycles.